The molecule has 0 aliphatic carbocycles. The molecular formula is C24H24N2O3. The van der Waals surface area contributed by atoms with Gasteiger partial charge in [0.1, 0.15) is 0 Å². The number of hydrogen-bond donors (Lipinski definition) is 1. The predicted octanol–water partition coefficient (Wildman–Crippen LogP) is 3.96. The van der Waals surface area contributed by atoms with E-state index in [2.05, 4.69) is 4.98 Å². The zero-order chi connectivity index (χ0) is 20.2. The Morgan fingerprint density at radius 1 is 0.966 bits per heavy atom. The molecule has 1 fully saturated rings. The molecule has 0 radical (unpaired) electrons. The van der Waals surface area contributed by atoms with Crippen molar-refractivity contribution in [3.05, 3.63) is 77.5 Å². The molecule has 4 rings (SSSR count). The number of fused-ring (bicyclic) bond motifs is 1. The second-order valence-electron chi connectivity index (χ2n) is 7.66. The quantitative estimate of drug-likeness (QED) is 0.718. The molecule has 5 nitrogen and oxygen atoms in total. The Balaban J connectivity index is 1.37. The highest BCUT2D eigenvalue weighted by molar-refractivity contribution is 5.89. The molecule has 1 saturated heterocycles. The van der Waals surface area contributed by atoms with Gasteiger partial charge in [-0.3, -0.25) is 9.78 Å². The molecule has 29 heavy (non-hydrogen) atoms. The summed E-state index contributed by atoms with van der Waals surface area (Å²) in [6.45, 7) is 1.44. The van der Waals surface area contributed by atoms with Crippen LogP contribution in [0.25, 0.3) is 10.9 Å². The zero-order valence-corrected chi connectivity index (χ0v) is 16.3. The van der Waals surface area contributed by atoms with Gasteiger partial charge in [0.15, 0.2) is 0 Å². The summed E-state index contributed by atoms with van der Waals surface area (Å²) in [6, 6.07) is 17.1. The highest BCUT2D eigenvalue weighted by atomic mass is 16.4. The molecule has 2 aromatic carbocycles. The number of carboxylic acids is 1. The van der Waals surface area contributed by atoms with E-state index in [0.717, 1.165) is 54.4 Å². The number of piperidine rings is 1. The van der Waals surface area contributed by atoms with Crippen LogP contribution >= 0.6 is 0 Å². The molecule has 2 heterocycles. The lowest BCUT2D eigenvalue weighted by Gasteiger charge is -2.32. The van der Waals surface area contributed by atoms with Gasteiger partial charge in [-0.25, -0.2) is 4.79 Å². The minimum atomic E-state index is -0.878. The first-order valence-electron chi connectivity index (χ1n) is 10.0. The first-order valence-corrected chi connectivity index (χ1v) is 10.0. The number of hydrogen-bond acceptors (Lipinski definition) is 3. The van der Waals surface area contributed by atoms with Crippen LogP contribution in [-0.2, 0) is 17.6 Å². The summed E-state index contributed by atoms with van der Waals surface area (Å²) in [4.78, 5) is 30.6. The van der Waals surface area contributed by atoms with Crippen molar-refractivity contribution in [2.24, 2.45) is 5.92 Å². The van der Waals surface area contributed by atoms with Crippen LogP contribution in [0.4, 0.5) is 0 Å². The van der Waals surface area contributed by atoms with Crippen LogP contribution in [-0.4, -0.2) is 40.0 Å². The molecule has 1 aromatic heterocycles. The average Bonchev–Trinajstić information content (AvgIpc) is 2.75. The Morgan fingerprint density at radius 3 is 2.48 bits per heavy atom. The number of likely N-dealkylation sites (tertiary alicyclic amines) is 1. The van der Waals surface area contributed by atoms with Crippen molar-refractivity contribution >= 4 is 22.8 Å². The highest BCUT2D eigenvalue weighted by Gasteiger charge is 2.24. The minimum absolute atomic E-state index is 0.132. The standard InChI is InChI=1S/C24H24N2O3/c27-22(16-20-7-3-6-18-8-4-12-25-23(18)20)26-13-10-17(11-14-26)15-19-5-1-2-9-21(19)24(28)29/h1-9,12,17H,10-11,13-16H2,(H,28,29). The number of pyridine rings is 1. The average molecular weight is 388 g/mol. The van der Waals surface area contributed by atoms with Crippen LogP contribution in [0.3, 0.4) is 0 Å². The van der Waals surface area contributed by atoms with Gasteiger partial charge in [-0.2, -0.15) is 0 Å². The maximum atomic E-state index is 12.8. The lowest BCUT2D eigenvalue weighted by molar-refractivity contribution is -0.131. The van der Waals surface area contributed by atoms with Crippen molar-refractivity contribution in [1.29, 1.82) is 0 Å². The molecular weight excluding hydrogens is 364 g/mol. The number of nitrogens with zero attached hydrogens (tertiary/aromatic N) is 2. The highest BCUT2D eigenvalue weighted by Crippen LogP contribution is 2.25. The number of carbonyl (C=O) groups excluding carboxylic acids is 1. The molecule has 1 aliphatic rings. The van der Waals surface area contributed by atoms with Crippen molar-refractivity contribution < 1.29 is 14.7 Å². The first-order chi connectivity index (χ1) is 14.1. The molecule has 0 bridgehead atoms. The number of carbonyl (C=O) groups is 2. The monoisotopic (exact) mass is 388 g/mol. The van der Waals surface area contributed by atoms with E-state index in [1.165, 1.54) is 0 Å². The van der Waals surface area contributed by atoms with E-state index in [4.69, 9.17) is 0 Å². The Labute approximate surface area is 170 Å². The summed E-state index contributed by atoms with van der Waals surface area (Å²) in [5, 5.41) is 10.4. The van der Waals surface area contributed by atoms with Gasteiger partial charge < -0.3 is 10.0 Å². The van der Waals surface area contributed by atoms with Crippen LogP contribution < -0.4 is 0 Å². The SMILES string of the molecule is O=C(O)c1ccccc1CC1CCN(C(=O)Cc2cccc3cccnc23)CC1. The number of rotatable bonds is 5. The van der Waals surface area contributed by atoms with E-state index >= 15 is 0 Å². The lowest BCUT2D eigenvalue weighted by Crippen LogP contribution is -2.39. The number of carboxylic acid groups (broad SMARTS) is 1. The predicted molar refractivity (Wildman–Crippen MR) is 112 cm³/mol. The third-order valence-electron chi connectivity index (χ3n) is 5.78. The summed E-state index contributed by atoms with van der Waals surface area (Å²) < 4.78 is 0. The lowest BCUT2D eigenvalue weighted by atomic mass is 9.88. The topological polar surface area (TPSA) is 70.5 Å². The van der Waals surface area contributed by atoms with Gasteiger partial charge in [0.2, 0.25) is 5.91 Å². The number of aromatic carboxylic acids is 1. The normalized spacial score (nSPS) is 14.8. The van der Waals surface area contributed by atoms with Gasteiger partial charge in [-0.1, -0.05) is 42.5 Å². The fraction of sp³-hybridized carbons (Fsp3) is 0.292. The Kier molecular flexibility index (Phi) is 5.56. The number of para-hydroxylation sites is 1. The maximum Gasteiger partial charge on any atom is 0.335 e. The summed E-state index contributed by atoms with van der Waals surface area (Å²) in [5.41, 5.74) is 3.12. The van der Waals surface area contributed by atoms with Crippen molar-refractivity contribution in [2.75, 3.05) is 13.1 Å². The summed E-state index contributed by atoms with van der Waals surface area (Å²) in [6.07, 6.45) is 4.66. The Bertz CT molecular complexity index is 1030. The number of benzene rings is 2. The minimum Gasteiger partial charge on any atom is -0.478 e. The van der Waals surface area contributed by atoms with Gasteiger partial charge in [-0.05, 0) is 48.4 Å². The van der Waals surface area contributed by atoms with Crippen LogP contribution in [0.5, 0.6) is 0 Å². The second-order valence-corrected chi connectivity index (χ2v) is 7.66. The van der Waals surface area contributed by atoms with Gasteiger partial charge in [0, 0.05) is 24.7 Å². The number of aromatic nitrogens is 1. The summed E-state index contributed by atoms with van der Waals surface area (Å²) in [5.74, 6) is -0.344. The summed E-state index contributed by atoms with van der Waals surface area (Å²) >= 11 is 0. The third-order valence-corrected chi connectivity index (χ3v) is 5.78. The van der Waals surface area contributed by atoms with E-state index in [0.29, 0.717) is 17.9 Å². The van der Waals surface area contributed by atoms with Crippen LogP contribution in [0, 0.1) is 5.92 Å². The van der Waals surface area contributed by atoms with E-state index in [-0.39, 0.29) is 5.91 Å². The molecule has 0 spiro atoms. The second kappa shape index (κ2) is 8.43. The number of amides is 1. The fourth-order valence-corrected chi connectivity index (χ4v) is 4.19. The van der Waals surface area contributed by atoms with Crippen LogP contribution in [0.15, 0.2) is 60.8 Å². The Hall–Kier alpha value is -3.21. The molecule has 5 heteroatoms. The van der Waals surface area contributed by atoms with Crippen LogP contribution in [0.2, 0.25) is 0 Å². The molecule has 0 atom stereocenters. The molecule has 3 aromatic rings. The molecule has 1 aliphatic heterocycles. The van der Waals surface area contributed by atoms with E-state index in [1.807, 2.05) is 47.4 Å². The van der Waals surface area contributed by atoms with E-state index in [9.17, 15) is 14.7 Å². The molecule has 148 valence electrons. The summed E-state index contributed by atoms with van der Waals surface area (Å²) in [7, 11) is 0. The molecule has 0 unspecified atom stereocenters. The molecule has 1 N–H and O–H groups in total. The third kappa shape index (κ3) is 4.29. The van der Waals surface area contributed by atoms with Crippen molar-refractivity contribution in [3.8, 4) is 0 Å². The van der Waals surface area contributed by atoms with E-state index < -0.39 is 5.97 Å². The zero-order valence-electron chi connectivity index (χ0n) is 16.3. The first kappa shape index (κ1) is 19.1. The van der Waals surface area contributed by atoms with Crippen LogP contribution in [0.1, 0.15) is 34.3 Å². The molecule has 1 amide bonds. The smallest absolute Gasteiger partial charge is 0.335 e. The van der Waals surface area contributed by atoms with Gasteiger partial charge in [0.25, 0.3) is 0 Å². The Morgan fingerprint density at radius 2 is 1.69 bits per heavy atom. The van der Waals surface area contributed by atoms with E-state index in [1.54, 1.807) is 18.3 Å². The van der Waals surface area contributed by atoms with Gasteiger partial charge in [0.05, 0.1) is 17.5 Å². The fourth-order valence-electron chi connectivity index (χ4n) is 4.19. The van der Waals surface area contributed by atoms with Crippen molar-refractivity contribution in [3.63, 3.8) is 0 Å². The largest absolute Gasteiger partial charge is 0.478 e. The van der Waals surface area contributed by atoms with Crippen molar-refractivity contribution in [2.45, 2.75) is 25.7 Å². The van der Waals surface area contributed by atoms with Gasteiger partial charge >= 0.3 is 5.97 Å². The molecule has 0 saturated carbocycles. The maximum absolute atomic E-state index is 12.8. The van der Waals surface area contributed by atoms with Crippen molar-refractivity contribution in [1.82, 2.24) is 9.88 Å². The van der Waals surface area contributed by atoms with Gasteiger partial charge in [-0.15, -0.1) is 0 Å².